The largest absolute Gasteiger partial charge is 0.458 e. The van der Waals surface area contributed by atoms with Crippen LogP contribution < -0.4 is 0 Å². The molecule has 4 aliphatic carbocycles. The highest BCUT2D eigenvalue weighted by Crippen LogP contribution is 2.68. The van der Waals surface area contributed by atoms with Crippen molar-refractivity contribution in [1.82, 2.24) is 0 Å². The fourth-order valence-corrected chi connectivity index (χ4v) is 12.3. The minimum atomic E-state index is -1.73. The zero-order chi connectivity index (χ0) is 45.9. The molecule has 22 atom stereocenters. The second kappa shape index (κ2) is 19.0. The molecular formula is C45H70O18. The molecule has 18 heteroatoms. The SMILES string of the molecule is CC=C(C)C(=O)OC1CC2C(CC=C3CC(OC4CC(OC)C(OC5OC(COC6OC(CO)C(O)C(O)C6O)C(O)C(O)C5O)C(C)O4)CCC32C)C2(O)CCC(C(C)=O)C12C. The molecule has 3 aliphatic heterocycles. The third-order valence-electron chi connectivity index (χ3n) is 16.3. The van der Waals surface area contributed by atoms with E-state index in [1.165, 1.54) is 12.7 Å². The van der Waals surface area contributed by atoms with Crippen molar-refractivity contribution in [2.75, 3.05) is 20.3 Å². The lowest BCUT2D eigenvalue weighted by atomic mass is 9.45. The molecule has 8 N–H and O–H groups in total. The Balaban J connectivity index is 0.989. The van der Waals surface area contributed by atoms with Crippen LogP contribution in [0.3, 0.4) is 0 Å². The molecule has 7 rings (SSSR count). The summed E-state index contributed by atoms with van der Waals surface area (Å²) in [7, 11) is 1.51. The lowest BCUT2D eigenvalue weighted by molar-refractivity contribution is -0.354. The predicted molar refractivity (Wildman–Crippen MR) is 218 cm³/mol. The minimum Gasteiger partial charge on any atom is -0.458 e. The van der Waals surface area contributed by atoms with Crippen LogP contribution >= 0.6 is 0 Å². The van der Waals surface area contributed by atoms with Crippen LogP contribution in [0.2, 0.25) is 0 Å². The van der Waals surface area contributed by atoms with E-state index in [0.717, 1.165) is 6.42 Å². The van der Waals surface area contributed by atoms with E-state index in [9.17, 15) is 50.4 Å². The van der Waals surface area contributed by atoms with Crippen molar-refractivity contribution >= 4 is 11.8 Å². The summed E-state index contributed by atoms with van der Waals surface area (Å²) < 4.78 is 48.1. The van der Waals surface area contributed by atoms with Crippen molar-refractivity contribution in [1.29, 1.82) is 0 Å². The number of hydrogen-bond acceptors (Lipinski definition) is 18. The zero-order valence-corrected chi connectivity index (χ0v) is 37.4. The van der Waals surface area contributed by atoms with E-state index >= 15 is 0 Å². The Bertz CT molecular complexity index is 1710. The van der Waals surface area contributed by atoms with Crippen molar-refractivity contribution in [2.24, 2.45) is 28.6 Å². The summed E-state index contributed by atoms with van der Waals surface area (Å²) in [5.41, 5.74) is -0.715. The van der Waals surface area contributed by atoms with Crippen LogP contribution in [-0.4, -0.2) is 177 Å². The smallest absolute Gasteiger partial charge is 0.333 e. The molecule has 3 heterocycles. The Morgan fingerprint density at radius 3 is 2.17 bits per heavy atom. The quantitative estimate of drug-likeness (QED) is 0.0744. The molecule has 63 heavy (non-hydrogen) atoms. The molecule has 0 spiro atoms. The van der Waals surface area contributed by atoms with E-state index in [2.05, 4.69) is 13.0 Å². The number of carbonyl (C=O) groups excluding carboxylic acids is 2. The number of methoxy groups -OCH3 is 1. The van der Waals surface area contributed by atoms with E-state index in [1.807, 2.05) is 6.92 Å². The first-order valence-electron chi connectivity index (χ1n) is 22.6. The highest BCUT2D eigenvalue weighted by Gasteiger charge is 2.71. The number of ether oxygens (including phenoxy) is 8. The van der Waals surface area contributed by atoms with Gasteiger partial charge in [-0.3, -0.25) is 4.79 Å². The van der Waals surface area contributed by atoms with Crippen molar-refractivity contribution < 1.29 is 88.3 Å². The summed E-state index contributed by atoms with van der Waals surface area (Å²) in [4.78, 5) is 26.3. The number of fused-ring (bicyclic) bond motifs is 5. The number of allylic oxidation sites excluding steroid dienone is 2. The van der Waals surface area contributed by atoms with Crippen molar-refractivity contribution in [3.8, 4) is 0 Å². The van der Waals surface area contributed by atoms with Gasteiger partial charge in [-0.15, -0.1) is 0 Å². The number of Topliss-reactive ketones (excluding diaryl/α,β-unsaturated/α-hetero) is 1. The maximum Gasteiger partial charge on any atom is 0.333 e. The first-order chi connectivity index (χ1) is 29.7. The van der Waals surface area contributed by atoms with Crippen LogP contribution in [0.1, 0.15) is 92.9 Å². The normalized spacial score (nSPS) is 50.2. The highest BCUT2D eigenvalue weighted by atomic mass is 16.8. The third-order valence-corrected chi connectivity index (χ3v) is 16.3. The first-order valence-corrected chi connectivity index (χ1v) is 22.6. The van der Waals surface area contributed by atoms with Gasteiger partial charge in [-0.2, -0.15) is 0 Å². The minimum absolute atomic E-state index is 0.00329. The van der Waals surface area contributed by atoms with Crippen LogP contribution in [-0.2, 0) is 47.5 Å². The maximum absolute atomic E-state index is 13.3. The molecule has 18 nitrogen and oxygen atoms in total. The fourth-order valence-electron chi connectivity index (χ4n) is 12.3. The average Bonchev–Trinajstić information content (AvgIpc) is 3.55. The van der Waals surface area contributed by atoms with E-state index in [-0.39, 0.29) is 35.6 Å². The Kier molecular flexibility index (Phi) is 14.7. The molecular weight excluding hydrogens is 828 g/mol. The Labute approximate surface area is 368 Å². The molecule has 0 amide bonds. The van der Waals surface area contributed by atoms with Crippen LogP contribution in [0.25, 0.3) is 0 Å². The van der Waals surface area contributed by atoms with Crippen LogP contribution in [0.15, 0.2) is 23.3 Å². The monoisotopic (exact) mass is 898 g/mol. The predicted octanol–water partition coefficient (Wildman–Crippen LogP) is 0.302. The number of carbonyl (C=O) groups is 2. The molecule has 6 fully saturated rings. The lowest BCUT2D eigenvalue weighted by Crippen LogP contribution is -2.66. The summed E-state index contributed by atoms with van der Waals surface area (Å²) in [6.07, 6.45) is -10.7. The molecule has 0 bridgehead atoms. The van der Waals surface area contributed by atoms with Crippen molar-refractivity contribution in [2.45, 2.75) is 197 Å². The van der Waals surface area contributed by atoms with Gasteiger partial charge in [-0.1, -0.05) is 31.6 Å². The molecule has 0 aromatic carbocycles. The second-order valence-electron chi connectivity index (χ2n) is 19.5. The molecule has 3 saturated carbocycles. The Morgan fingerprint density at radius 2 is 1.52 bits per heavy atom. The van der Waals surface area contributed by atoms with Gasteiger partial charge in [0.15, 0.2) is 18.9 Å². The van der Waals surface area contributed by atoms with Gasteiger partial charge in [0.2, 0.25) is 0 Å². The van der Waals surface area contributed by atoms with Crippen LogP contribution in [0.4, 0.5) is 0 Å². The highest BCUT2D eigenvalue weighted by molar-refractivity contribution is 5.88. The van der Waals surface area contributed by atoms with Gasteiger partial charge in [0.1, 0.15) is 66.8 Å². The Morgan fingerprint density at radius 1 is 0.857 bits per heavy atom. The second-order valence-corrected chi connectivity index (χ2v) is 19.5. The molecule has 358 valence electrons. The molecule has 0 radical (unpaired) electrons. The summed E-state index contributed by atoms with van der Waals surface area (Å²) in [6, 6.07) is 0. The molecule has 7 aliphatic rings. The van der Waals surface area contributed by atoms with Gasteiger partial charge in [0.25, 0.3) is 0 Å². The summed E-state index contributed by atoms with van der Waals surface area (Å²) in [5.74, 6) is -0.955. The summed E-state index contributed by atoms with van der Waals surface area (Å²) in [6.45, 7) is 9.85. The van der Waals surface area contributed by atoms with Gasteiger partial charge < -0.3 is 78.7 Å². The number of esters is 1. The number of aliphatic hydroxyl groups is 8. The number of hydrogen-bond donors (Lipinski definition) is 8. The molecule has 0 aromatic rings. The van der Waals surface area contributed by atoms with Gasteiger partial charge in [-0.25, -0.2) is 4.79 Å². The van der Waals surface area contributed by atoms with Crippen LogP contribution in [0, 0.1) is 28.6 Å². The molecule has 22 unspecified atom stereocenters. The van der Waals surface area contributed by atoms with Gasteiger partial charge in [0, 0.05) is 30.4 Å². The van der Waals surface area contributed by atoms with Crippen molar-refractivity contribution in [3.63, 3.8) is 0 Å². The standard InChI is InChI=1S/C45H70O18/c1-8-20(2)40(54)62-31-16-27-26(45(55)14-12-25(21(3)47)44(31,45)6)10-9-23-15-24(11-13-43(23,27)5)59-32-17-28(56-7)39(22(4)58-32)63-42-38(53)36(51)34(49)30(61-42)19-57-41-37(52)35(50)33(48)29(18-46)60-41/h8-9,22,24-39,41-42,46,48-53,55H,10-19H2,1-7H3. The van der Waals surface area contributed by atoms with E-state index in [0.29, 0.717) is 44.1 Å². The van der Waals surface area contributed by atoms with E-state index in [4.69, 9.17) is 37.9 Å². The first kappa shape index (κ1) is 48.9. The number of aliphatic hydroxyl groups excluding tert-OH is 7. The van der Waals surface area contributed by atoms with Gasteiger partial charge in [-0.05, 0) is 89.9 Å². The fraction of sp³-hybridized carbons (Fsp3) is 0.867. The molecule has 3 saturated heterocycles. The van der Waals surface area contributed by atoms with Gasteiger partial charge in [0.05, 0.1) is 37.1 Å². The van der Waals surface area contributed by atoms with Crippen molar-refractivity contribution in [3.05, 3.63) is 23.3 Å². The summed E-state index contributed by atoms with van der Waals surface area (Å²) >= 11 is 0. The third kappa shape index (κ3) is 8.63. The molecule has 0 aromatic heterocycles. The number of ketones is 1. The summed E-state index contributed by atoms with van der Waals surface area (Å²) in [5, 5.41) is 85.3. The van der Waals surface area contributed by atoms with E-state index < -0.39 is 128 Å². The topological polar surface area (TPSA) is 270 Å². The van der Waals surface area contributed by atoms with Crippen LogP contribution in [0.5, 0.6) is 0 Å². The Hall–Kier alpha value is -1.98. The number of rotatable bonds is 12. The average molecular weight is 899 g/mol. The maximum atomic E-state index is 13.3. The van der Waals surface area contributed by atoms with E-state index in [1.54, 1.807) is 33.8 Å². The zero-order valence-electron chi connectivity index (χ0n) is 37.4. The lowest BCUT2D eigenvalue weighted by Gasteiger charge is -2.63. The van der Waals surface area contributed by atoms with Gasteiger partial charge >= 0.3 is 5.97 Å².